The molecule has 2 atom stereocenters. The van der Waals surface area contributed by atoms with Gasteiger partial charge in [0, 0.05) is 47.5 Å². The molecule has 0 rings (SSSR count). The van der Waals surface area contributed by atoms with Crippen molar-refractivity contribution in [2.24, 2.45) is 0 Å². The smallest absolute Gasteiger partial charge is 0.462 e. The molecule has 0 aromatic heterocycles. The van der Waals surface area contributed by atoms with E-state index in [1.165, 1.54) is 0 Å². The fourth-order valence-electron chi connectivity index (χ4n) is 8.71. The average molecular weight is 1430 g/mol. The lowest BCUT2D eigenvalue weighted by Gasteiger charge is -2.50. The van der Waals surface area contributed by atoms with Gasteiger partial charge in [0.25, 0.3) is 0 Å². The first kappa shape index (κ1) is 84.2. The van der Waals surface area contributed by atoms with Crippen LogP contribution in [-0.4, -0.2) is 161 Å². The maximum Gasteiger partial charge on any atom is 0.472 e. The van der Waals surface area contributed by atoms with Crippen LogP contribution in [0.2, 0.25) is 181 Å². The summed E-state index contributed by atoms with van der Waals surface area (Å²) in [6.45, 7) is 70.3. The van der Waals surface area contributed by atoms with Gasteiger partial charge in [-0.15, -0.1) is 0 Å². The van der Waals surface area contributed by atoms with Crippen molar-refractivity contribution in [3.8, 4) is 0 Å². The Bertz CT molecular complexity index is 2180. The summed E-state index contributed by atoms with van der Waals surface area (Å²) < 4.78 is 112. The molecule has 0 radical (unpaired) electrons. The Morgan fingerprint density at radius 2 is 0.471 bits per heavy atom. The van der Waals surface area contributed by atoms with Crippen molar-refractivity contribution in [2.75, 3.05) is 26.4 Å². The largest absolute Gasteiger partial charge is 0.472 e. The Morgan fingerprint density at radius 3 is 0.694 bits per heavy atom. The van der Waals surface area contributed by atoms with Crippen molar-refractivity contribution in [1.82, 2.24) is 0 Å². The molecule has 0 fully saturated rings. The lowest BCUT2D eigenvalue weighted by Crippen LogP contribution is -2.69. The predicted octanol–water partition coefficient (Wildman–Crippen LogP) is 14.1. The number of carbonyl (C=O) groups excluding carboxylic acids is 4. The van der Waals surface area contributed by atoms with Gasteiger partial charge in [0.1, 0.15) is 0 Å². The molecule has 0 amide bonds. The standard InChI is InChI=1S/C52H116O20Si13/c1-45(2)49(53)57-37-33-41-83(42-34-38-58-50(54)46(3)4,71-84(64-76(18,19)20,65-77(21,22)23)43-35-39-59-51(55)47(5)6)72-85(66-78(24,25)26,44-36-40-60-52(56)48(7)8)70-80(29,30)69-82(32,63-75(15,16)17)68-79(27,28)67-81(31,61-73(9,10)11)62-74(12,13)14/h1,3,5,7,33-44H2,2,4,6,8-32H3. The van der Waals surface area contributed by atoms with Crippen molar-refractivity contribution in [1.29, 1.82) is 0 Å². The summed E-state index contributed by atoms with van der Waals surface area (Å²) in [7, 11) is -41.8. The van der Waals surface area contributed by atoms with Crippen molar-refractivity contribution in [3.63, 3.8) is 0 Å². The number of carbonyl (C=O) groups is 4. The molecular weight excluding hydrogens is 1310 g/mol. The van der Waals surface area contributed by atoms with Crippen LogP contribution in [0.15, 0.2) is 48.6 Å². The molecule has 0 aromatic rings. The Balaban J connectivity index is 9.18. The molecule has 0 aliphatic rings. The third kappa shape index (κ3) is 38.6. The highest BCUT2D eigenvalue weighted by atomic mass is 28.6. The van der Waals surface area contributed by atoms with Gasteiger partial charge < -0.3 is 68.3 Å². The molecule has 20 nitrogen and oxygen atoms in total. The highest BCUT2D eigenvalue weighted by Crippen LogP contribution is 2.41. The van der Waals surface area contributed by atoms with Crippen molar-refractivity contribution in [3.05, 3.63) is 48.6 Å². The van der Waals surface area contributed by atoms with E-state index in [-0.39, 0.29) is 92.2 Å². The monoisotopic (exact) mass is 1420 g/mol. The second-order valence-corrected chi connectivity index (χ2v) is 79.5. The summed E-state index contributed by atoms with van der Waals surface area (Å²) in [6.07, 6.45) is 0.974. The lowest BCUT2D eigenvalue weighted by atomic mass is 10.4. The van der Waals surface area contributed by atoms with Gasteiger partial charge in [-0.25, -0.2) is 19.2 Å². The molecule has 0 bridgehead atoms. The molecule has 0 aliphatic heterocycles. The zero-order valence-corrected chi connectivity index (χ0v) is 71.0. The molecule has 0 aliphatic carbocycles. The third-order valence-electron chi connectivity index (χ3n) is 10.2. The number of hydrogen-bond donors (Lipinski definition) is 0. The van der Waals surface area contributed by atoms with Gasteiger partial charge >= 0.3 is 84.8 Å². The molecule has 0 saturated heterocycles. The van der Waals surface area contributed by atoms with E-state index in [2.05, 4.69) is 125 Å². The first-order chi connectivity index (χ1) is 37.8. The molecule has 0 heterocycles. The van der Waals surface area contributed by atoms with Crippen LogP contribution < -0.4 is 0 Å². The maximum atomic E-state index is 13.0. The van der Waals surface area contributed by atoms with Crippen LogP contribution in [0.4, 0.5) is 0 Å². The highest BCUT2D eigenvalue weighted by Gasteiger charge is 2.62. The Kier molecular flexibility index (Phi) is 33.3. The second-order valence-electron chi connectivity index (χ2n) is 28.8. The Morgan fingerprint density at radius 1 is 0.271 bits per heavy atom. The molecule has 0 spiro atoms. The second kappa shape index (κ2) is 33.7. The number of rotatable bonds is 44. The van der Waals surface area contributed by atoms with E-state index >= 15 is 0 Å². The first-order valence-electron chi connectivity index (χ1n) is 29.5. The van der Waals surface area contributed by atoms with Gasteiger partial charge in [-0.1, -0.05) is 26.3 Å². The average Bonchev–Trinajstić information content (AvgIpc) is 3.21. The molecular formula is C52H116O20Si13. The summed E-state index contributed by atoms with van der Waals surface area (Å²) in [5.41, 5.74) is 0.958. The summed E-state index contributed by atoms with van der Waals surface area (Å²) >= 11 is 0. The number of esters is 4. The molecule has 2 unspecified atom stereocenters. The van der Waals surface area contributed by atoms with Gasteiger partial charge in [0.15, 0.2) is 49.9 Å². The van der Waals surface area contributed by atoms with Crippen LogP contribution in [0.3, 0.4) is 0 Å². The quantitative estimate of drug-likeness (QED) is 0.0182. The number of hydrogen-bond acceptors (Lipinski definition) is 20. The van der Waals surface area contributed by atoms with Gasteiger partial charge in [0.05, 0.1) is 26.4 Å². The molecule has 496 valence electrons. The zero-order valence-electron chi connectivity index (χ0n) is 58.0. The van der Waals surface area contributed by atoms with Gasteiger partial charge in [-0.3, -0.25) is 0 Å². The van der Waals surface area contributed by atoms with E-state index in [1.54, 1.807) is 27.7 Å². The van der Waals surface area contributed by atoms with Crippen LogP contribution in [-0.2, 0) is 87.5 Å². The minimum Gasteiger partial charge on any atom is -0.462 e. The van der Waals surface area contributed by atoms with Crippen LogP contribution >= 0.6 is 0 Å². The summed E-state index contributed by atoms with van der Waals surface area (Å²) in [6, 6.07) is 0.657. The van der Waals surface area contributed by atoms with E-state index in [1.807, 2.05) is 58.9 Å². The van der Waals surface area contributed by atoms with E-state index < -0.39 is 135 Å². The lowest BCUT2D eigenvalue weighted by molar-refractivity contribution is -0.139. The molecule has 85 heavy (non-hydrogen) atoms. The first-order valence-corrected chi connectivity index (χ1v) is 66.1. The van der Waals surface area contributed by atoms with Gasteiger partial charge in [0.2, 0.25) is 0 Å². The highest BCUT2D eigenvalue weighted by molar-refractivity contribution is 6.96. The van der Waals surface area contributed by atoms with E-state index in [0.29, 0.717) is 6.42 Å². The van der Waals surface area contributed by atoms with E-state index in [9.17, 15) is 19.2 Å². The minimum atomic E-state index is -4.38. The fraction of sp³-hybridized carbons (Fsp3) is 0.769. The van der Waals surface area contributed by atoms with Crippen molar-refractivity contribution in [2.45, 2.75) is 235 Å². The summed E-state index contributed by atoms with van der Waals surface area (Å²) in [4.78, 5) is 51.8. The van der Waals surface area contributed by atoms with Crippen molar-refractivity contribution < 1.29 is 87.5 Å². The topological polar surface area (TPSA) is 216 Å². The van der Waals surface area contributed by atoms with E-state index in [0.717, 1.165) is 0 Å². The van der Waals surface area contributed by atoms with Gasteiger partial charge in [-0.2, -0.15) is 0 Å². The normalized spacial score (nSPS) is 15.1. The summed E-state index contributed by atoms with van der Waals surface area (Å²) in [5.74, 6) is -2.22. The molecule has 0 saturated carbocycles. The van der Waals surface area contributed by atoms with Crippen LogP contribution in [0.25, 0.3) is 0 Å². The Labute approximate surface area is 528 Å². The van der Waals surface area contributed by atoms with Crippen molar-refractivity contribution >= 4 is 135 Å². The SMILES string of the molecule is C=C(C)C(=O)OCCC[Si](CCCOC(=O)C(=C)C)(O[Si](CCCOC(=O)C(=C)C)(O[Si](C)(C)C)O[Si](C)(C)C)O[Si](CCCOC(=O)C(=C)C)(O[Si](C)(C)C)O[Si](C)(C)O[Si](C)(O[Si](C)(C)C)O[Si](C)(C)O[Si](C)(O[Si](C)(C)C)O[Si](C)(C)C. The Hall–Kier alpha value is -0.821. The molecule has 33 heteroatoms. The number of ether oxygens (including phenoxy) is 4. The molecule has 0 aromatic carbocycles. The maximum absolute atomic E-state index is 13.0. The third-order valence-corrected chi connectivity index (χ3v) is 56.3. The molecule has 0 N–H and O–H groups in total. The van der Waals surface area contributed by atoms with Crippen LogP contribution in [0.1, 0.15) is 53.4 Å². The minimum absolute atomic E-state index is 0.0185. The van der Waals surface area contributed by atoms with Crippen LogP contribution in [0, 0.1) is 0 Å². The van der Waals surface area contributed by atoms with Gasteiger partial charge in [-0.05, 0) is 210 Å². The van der Waals surface area contributed by atoms with Crippen LogP contribution in [0.5, 0.6) is 0 Å². The fourth-order valence-corrected chi connectivity index (χ4v) is 66.5. The predicted molar refractivity (Wildman–Crippen MR) is 369 cm³/mol. The van der Waals surface area contributed by atoms with E-state index in [4.69, 9.17) is 68.3 Å². The summed E-state index contributed by atoms with van der Waals surface area (Å²) in [5, 5.41) is 0. The zero-order chi connectivity index (χ0) is 66.9.